The van der Waals surface area contributed by atoms with Crippen molar-refractivity contribution in [3.63, 3.8) is 0 Å². The van der Waals surface area contributed by atoms with Crippen molar-refractivity contribution in [2.24, 2.45) is 0 Å². The molecular weight excluding hydrogens is 206 g/mol. The highest BCUT2D eigenvalue weighted by atomic mass is 16.6. The van der Waals surface area contributed by atoms with Gasteiger partial charge >= 0.3 is 5.97 Å². The van der Waals surface area contributed by atoms with E-state index in [1.807, 2.05) is 6.07 Å². The molecule has 0 spiro atoms. The van der Waals surface area contributed by atoms with Crippen LogP contribution in [0.3, 0.4) is 0 Å². The van der Waals surface area contributed by atoms with Gasteiger partial charge in [0, 0.05) is 13.0 Å². The zero-order valence-electron chi connectivity index (χ0n) is 9.00. The number of carbonyl (C=O) groups excluding carboxylic acids is 1. The highest BCUT2D eigenvalue weighted by Gasteiger charge is 2.24. The summed E-state index contributed by atoms with van der Waals surface area (Å²) >= 11 is 0. The first-order valence-electron chi connectivity index (χ1n) is 5.49. The summed E-state index contributed by atoms with van der Waals surface area (Å²) in [4.78, 5) is 11.7. The van der Waals surface area contributed by atoms with E-state index < -0.39 is 6.23 Å². The van der Waals surface area contributed by atoms with Crippen molar-refractivity contribution in [1.29, 1.82) is 0 Å². The summed E-state index contributed by atoms with van der Waals surface area (Å²) in [7, 11) is 0. The summed E-state index contributed by atoms with van der Waals surface area (Å²) in [5.41, 5.74) is 0.515. The van der Waals surface area contributed by atoms with Crippen LogP contribution in [0.4, 0.5) is 0 Å². The Hall–Kier alpha value is -1.39. The van der Waals surface area contributed by atoms with E-state index in [2.05, 4.69) is 0 Å². The number of hydrogen-bond acceptors (Lipinski definition) is 4. The minimum atomic E-state index is -0.499. The van der Waals surface area contributed by atoms with Gasteiger partial charge in [-0.2, -0.15) is 5.06 Å². The quantitative estimate of drug-likeness (QED) is 0.776. The average molecular weight is 221 g/mol. The summed E-state index contributed by atoms with van der Waals surface area (Å²) in [6.07, 6.45) is 2.11. The van der Waals surface area contributed by atoms with Gasteiger partial charge < -0.3 is 9.94 Å². The second-order valence-electron chi connectivity index (χ2n) is 3.88. The fourth-order valence-corrected chi connectivity index (χ4v) is 1.77. The van der Waals surface area contributed by atoms with Gasteiger partial charge in [0.15, 0.2) is 6.23 Å². The average Bonchev–Trinajstić information content (AvgIpc) is 2.33. The van der Waals surface area contributed by atoms with E-state index >= 15 is 0 Å². The van der Waals surface area contributed by atoms with Gasteiger partial charge in [-0.15, -0.1) is 0 Å². The maximum absolute atomic E-state index is 11.7. The van der Waals surface area contributed by atoms with Crippen molar-refractivity contribution in [2.45, 2.75) is 25.5 Å². The van der Waals surface area contributed by atoms with E-state index in [4.69, 9.17) is 4.74 Å². The van der Waals surface area contributed by atoms with Crippen molar-refractivity contribution in [1.82, 2.24) is 5.06 Å². The van der Waals surface area contributed by atoms with E-state index in [1.165, 1.54) is 0 Å². The highest BCUT2D eigenvalue weighted by molar-refractivity contribution is 5.89. The van der Waals surface area contributed by atoms with Gasteiger partial charge in [0.05, 0.1) is 5.56 Å². The molecule has 1 aliphatic heterocycles. The van der Waals surface area contributed by atoms with Crippen LogP contribution in [-0.4, -0.2) is 29.0 Å². The molecule has 1 unspecified atom stereocenters. The fourth-order valence-electron chi connectivity index (χ4n) is 1.77. The Kier molecular flexibility index (Phi) is 3.54. The molecule has 0 aliphatic carbocycles. The van der Waals surface area contributed by atoms with Crippen LogP contribution in [-0.2, 0) is 4.74 Å². The number of piperidine rings is 1. The molecule has 1 aliphatic rings. The van der Waals surface area contributed by atoms with Crippen molar-refractivity contribution < 1.29 is 14.7 Å². The van der Waals surface area contributed by atoms with Gasteiger partial charge in [-0.3, -0.25) is 0 Å². The molecule has 86 valence electrons. The summed E-state index contributed by atoms with van der Waals surface area (Å²) < 4.78 is 5.23. The van der Waals surface area contributed by atoms with E-state index in [9.17, 15) is 10.0 Å². The standard InChI is InChI=1S/C12H15NO3/c14-12(10-6-2-1-3-7-10)16-11-8-4-5-9-13(11)15/h1-3,6-7,11,15H,4-5,8-9H2. The lowest BCUT2D eigenvalue weighted by atomic mass is 10.1. The molecule has 1 heterocycles. The van der Waals surface area contributed by atoms with Gasteiger partial charge in [0.2, 0.25) is 0 Å². The molecule has 1 saturated heterocycles. The van der Waals surface area contributed by atoms with Gasteiger partial charge in [-0.05, 0) is 25.0 Å². The number of rotatable bonds is 2. The fraction of sp³-hybridized carbons (Fsp3) is 0.417. The van der Waals surface area contributed by atoms with E-state index in [0.717, 1.165) is 17.9 Å². The van der Waals surface area contributed by atoms with Crippen molar-refractivity contribution in [3.05, 3.63) is 35.9 Å². The first-order chi connectivity index (χ1) is 7.77. The lowest BCUT2D eigenvalue weighted by molar-refractivity contribution is -0.210. The van der Waals surface area contributed by atoms with Crippen LogP contribution in [0.1, 0.15) is 29.6 Å². The topological polar surface area (TPSA) is 49.8 Å². The largest absolute Gasteiger partial charge is 0.441 e. The number of ether oxygens (including phenoxy) is 1. The van der Waals surface area contributed by atoms with Gasteiger partial charge in [-0.1, -0.05) is 18.2 Å². The lowest BCUT2D eigenvalue weighted by Gasteiger charge is -2.29. The molecular formula is C12H15NO3. The van der Waals surface area contributed by atoms with Gasteiger partial charge in [0.25, 0.3) is 0 Å². The van der Waals surface area contributed by atoms with Crippen LogP contribution in [0, 0.1) is 0 Å². The van der Waals surface area contributed by atoms with E-state index in [1.54, 1.807) is 24.3 Å². The molecule has 1 atom stereocenters. The third kappa shape index (κ3) is 2.59. The van der Waals surface area contributed by atoms with Crippen molar-refractivity contribution in [3.8, 4) is 0 Å². The molecule has 16 heavy (non-hydrogen) atoms. The number of hydroxylamine groups is 2. The molecule has 0 radical (unpaired) electrons. The Morgan fingerprint density at radius 1 is 1.31 bits per heavy atom. The predicted molar refractivity (Wildman–Crippen MR) is 58.0 cm³/mol. The van der Waals surface area contributed by atoms with Crippen LogP contribution in [0.5, 0.6) is 0 Å². The molecule has 1 fully saturated rings. The van der Waals surface area contributed by atoms with Gasteiger partial charge in [-0.25, -0.2) is 4.79 Å². The predicted octanol–water partition coefficient (Wildman–Crippen LogP) is 2.04. The third-order valence-corrected chi connectivity index (χ3v) is 2.67. The first kappa shape index (κ1) is 11.1. The summed E-state index contributed by atoms with van der Waals surface area (Å²) in [6.45, 7) is 0.562. The van der Waals surface area contributed by atoms with Crippen LogP contribution >= 0.6 is 0 Å². The zero-order valence-corrected chi connectivity index (χ0v) is 9.00. The molecule has 1 N–H and O–H groups in total. The van der Waals surface area contributed by atoms with Crippen molar-refractivity contribution in [2.75, 3.05) is 6.54 Å². The van der Waals surface area contributed by atoms with E-state index in [-0.39, 0.29) is 5.97 Å². The zero-order chi connectivity index (χ0) is 11.4. The first-order valence-corrected chi connectivity index (χ1v) is 5.49. The Bertz CT molecular complexity index is 353. The molecule has 0 saturated carbocycles. The minimum absolute atomic E-state index is 0.383. The number of carbonyl (C=O) groups is 1. The molecule has 1 aromatic carbocycles. The number of esters is 1. The lowest BCUT2D eigenvalue weighted by Crippen LogP contribution is -2.40. The van der Waals surface area contributed by atoms with Gasteiger partial charge in [0.1, 0.15) is 0 Å². The maximum Gasteiger partial charge on any atom is 0.339 e. The molecule has 0 amide bonds. The third-order valence-electron chi connectivity index (χ3n) is 2.67. The van der Waals surface area contributed by atoms with Crippen LogP contribution in [0.25, 0.3) is 0 Å². The molecule has 4 heteroatoms. The Labute approximate surface area is 94.4 Å². The second-order valence-corrected chi connectivity index (χ2v) is 3.88. The smallest absolute Gasteiger partial charge is 0.339 e. The van der Waals surface area contributed by atoms with Crippen LogP contribution in [0.2, 0.25) is 0 Å². The maximum atomic E-state index is 11.7. The normalized spacial score (nSPS) is 21.7. The number of nitrogens with zero attached hydrogens (tertiary/aromatic N) is 1. The Morgan fingerprint density at radius 2 is 2.06 bits per heavy atom. The molecule has 4 nitrogen and oxygen atoms in total. The summed E-state index contributed by atoms with van der Waals surface area (Å²) in [6, 6.07) is 8.82. The summed E-state index contributed by atoms with van der Waals surface area (Å²) in [5.74, 6) is -0.383. The Morgan fingerprint density at radius 3 is 2.75 bits per heavy atom. The number of hydrogen-bond donors (Lipinski definition) is 1. The highest BCUT2D eigenvalue weighted by Crippen LogP contribution is 2.17. The Balaban J connectivity index is 1.96. The second kappa shape index (κ2) is 5.09. The number of benzene rings is 1. The van der Waals surface area contributed by atoms with E-state index in [0.29, 0.717) is 18.5 Å². The molecule has 0 aromatic heterocycles. The van der Waals surface area contributed by atoms with Crippen LogP contribution < -0.4 is 0 Å². The monoisotopic (exact) mass is 221 g/mol. The van der Waals surface area contributed by atoms with Crippen LogP contribution in [0.15, 0.2) is 30.3 Å². The molecule has 2 rings (SSSR count). The summed E-state index contributed by atoms with van der Waals surface area (Å²) in [5, 5.41) is 10.6. The molecule has 0 bridgehead atoms. The van der Waals surface area contributed by atoms with Crippen molar-refractivity contribution >= 4 is 5.97 Å². The SMILES string of the molecule is O=C(OC1CCCCN1O)c1ccccc1. The minimum Gasteiger partial charge on any atom is -0.441 e. The molecule has 1 aromatic rings.